The molecule has 0 aliphatic rings. The lowest BCUT2D eigenvalue weighted by Gasteiger charge is -2.15. The van der Waals surface area contributed by atoms with Gasteiger partial charge in [0.15, 0.2) is 0 Å². The zero-order valence-corrected chi connectivity index (χ0v) is 9.83. The van der Waals surface area contributed by atoms with E-state index in [1.54, 1.807) is 0 Å². The third kappa shape index (κ3) is 9.99. The summed E-state index contributed by atoms with van der Waals surface area (Å²) in [7, 11) is 0. The highest BCUT2D eigenvalue weighted by molar-refractivity contribution is 7.80. The Morgan fingerprint density at radius 2 is 2.27 bits per heavy atom. The van der Waals surface area contributed by atoms with Crippen LogP contribution in [0.25, 0.3) is 0 Å². The van der Waals surface area contributed by atoms with Gasteiger partial charge in [0.25, 0.3) is 0 Å². The Kier molecular flexibility index (Phi) is 10.0. The average Bonchev–Trinajstić information content (AvgIpc) is 2.22. The fourth-order valence-electron chi connectivity index (χ4n) is 0.896. The largest absolute Gasteiger partial charge is 0.464 e. The van der Waals surface area contributed by atoms with Crippen LogP contribution >= 0.6 is 12.6 Å². The Morgan fingerprint density at radius 1 is 1.53 bits per heavy atom. The van der Waals surface area contributed by atoms with Crippen LogP contribution in [-0.2, 0) is 14.3 Å². The maximum Gasteiger partial charge on any atom is 0.302 e. The van der Waals surface area contributed by atoms with E-state index in [-0.39, 0.29) is 18.6 Å². The molecule has 2 N–H and O–H groups in total. The Balaban J connectivity index is 3.40. The molecule has 90 valence electrons. The first-order valence-corrected chi connectivity index (χ1v) is 5.50. The van der Waals surface area contributed by atoms with Crippen LogP contribution in [0.15, 0.2) is 0 Å². The van der Waals surface area contributed by atoms with Gasteiger partial charge in [-0.2, -0.15) is 12.6 Å². The van der Waals surface area contributed by atoms with Crippen molar-refractivity contribution < 1.29 is 19.4 Å². The molecule has 0 aliphatic heterocycles. The third-order valence-corrected chi connectivity index (χ3v) is 2.06. The van der Waals surface area contributed by atoms with Gasteiger partial charge in [-0.05, 0) is 0 Å². The van der Waals surface area contributed by atoms with Gasteiger partial charge in [-0.15, -0.1) is 0 Å². The highest BCUT2D eigenvalue weighted by atomic mass is 32.1. The highest BCUT2D eigenvalue weighted by Gasteiger charge is 2.06. The minimum Gasteiger partial charge on any atom is -0.464 e. The number of hydrogen-bond acceptors (Lipinski definition) is 6. The SMILES string of the molecule is CC(=O)OCC(CS)NCCOCCO. The van der Waals surface area contributed by atoms with Crippen molar-refractivity contribution in [2.24, 2.45) is 0 Å². The van der Waals surface area contributed by atoms with Crippen LogP contribution in [0.1, 0.15) is 6.92 Å². The van der Waals surface area contributed by atoms with Gasteiger partial charge in [0.1, 0.15) is 6.61 Å². The summed E-state index contributed by atoms with van der Waals surface area (Å²) in [6, 6.07) is 0.0370. The smallest absolute Gasteiger partial charge is 0.302 e. The van der Waals surface area contributed by atoms with E-state index in [4.69, 9.17) is 14.6 Å². The second kappa shape index (κ2) is 10.2. The highest BCUT2D eigenvalue weighted by Crippen LogP contribution is 1.90. The Bertz CT molecular complexity index is 168. The van der Waals surface area contributed by atoms with E-state index in [1.165, 1.54) is 6.92 Å². The lowest BCUT2D eigenvalue weighted by atomic mass is 10.3. The standard InChI is InChI=1S/C9H19NO4S/c1-8(12)14-6-9(7-15)10-2-4-13-5-3-11/h9-11,15H,2-7H2,1H3. The molecule has 1 unspecified atom stereocenters. The molecule has 6 heteroatoms. The maximum absolute atomic E-state index is 10.6. The predicted octanol–water partition coefficient (Wildman–Crippen LogP) is -0.554. The van der Waals surface area contributed by atoms with Crippen LogP contribution in [0.5, 0.6) is 0 Å². The van der Waals surface area contributed by atoms with Gasteiger partial charge in [0.05, 0.1) is 25.9 Å². The lowest BCUT2D eigenvalue weighted by molar-refractivity contribution is -0.141. The van der Waals surface area contributed by atoms with E-state index < -0.39 is 0 Å². The normalized spacial score (nSPS) is 12.5. The minimum absolute atomic E-state index is 0.0312. The summed E-state index contributed by atoms with van der Waals surface area (Å²) in [5.74, 6) is 0.299. The summed E-state index contributed by atoms with van der Waals surface area (Å²) in [5.41, 5.74) is 0. The Hall–Kier alpha value is -0.300. The summed E-state index contributed by atoms with van der Waals surface area (Å²) < 4.78 is 9.90. The molecule has 0 spiro atoms. The quantitative estimate of drug-likeness (QED) is 0.285. The summed E-state index contributed by atoms with van der Waals surface area (Å²) >= 11 is 4.13. The molecule has 0 aromatic carbocycles. The molecular weight excluding hydrogens is 218 g/mol. The minimum atomic E-state index is -0.292. The molecule has 1 atom stereocenters. The Morgan fingerprint density at radius 3 is 2.80 bits per heavy atom. The van der Waals surface area contributed by atoms with E-state index in [9.17, 15) is 4.79 Å². The van der Waals surface area contributed by atoms with E-state index in [0.717, 1.165) is 0 Å². The van der Waals surface area contributed by atoms with Crippen molar-refractivity contribution in [3.05, 3.63) is 0 Å². The molecule has 15 heavy (non-hydrogen) atoms. The van der Waals surface area contributed by atoms with Crippen molar-refractivity contribution in [3.8, 4) is 0 Å². The number of hydrogen-bond donors (Lipinski definition) is 3. The maximum atomic E-state index is 10.6. The fraction of sp³-hybridized carbons (Fsp3) is 0.889. The summed E-state index contributed by atoms with van der Waals surface area (Å²) in [5, 5.41) is 11.6. The van der Waals surface area contributed by atoms with Crippen LogP contribution in [0, 0.1) is 0 Å². The summed E-state index contributed by atoms with van der Waals surface area (Å²) in [4.78, 5) is 10.6. The summed E-state index contributed by atoms with van der Waals surface area (Å²) in [6.07, 6.45) is 0. The third-order valence-electron chi connectivity index (χ3n) is 1.62. The number of thiol groups is 1. The van der Waals surface area contributed by atoms with E-state index in [1.807, 2.05) is 0 Å². The van der Waals surface area contributed by atoms with Gasteiger partial charge in [-0.1, -0.05) is 0 Å². The van der Waals surface area contributed by atoms with Gasteiger partial charge < -0.3 is 19.9 Å². The van der Waals surface area contributed by atoms with Crippen LogP contribution in [-0.4, -0.2) is 55.8 Å². The molecule has 0 radical (unpaired) electrons. The molecule has 0 saturated heterocycles. The van der Waals surface area contributed by atoms with Gasteiger partial charge in [-0.25, -0.2) is 0 Å². The van der Waals surface area contributed by atoms with Crippen molar-refractivity contribution in [2.75, 3.05) is 38.7 Å². The second-order valence-electron chi connectivity index (χ2n) is 2.97. The Labute approximate surface area is 95.5 Å². The van der Waals surface area contributed by atoms with Crippen LogP contribution in [0.3, 0.4) is 0 Å². The first kappa shape index (κ1) is 14.7. The number of carbonyl (C=O) groups excluding carboxylic acids is 1. The lowest BCUT2D eigenvalue weighted by Crippen LogP contribution is -2.37. The monoisotopic (exact) mass is 237 g/mol. The van der Waals surface area contributed by atoms with E-state index in [0.29, 0.717) is 32.1 Å². The molecule has 0 saturated carbocycles. The van der Waals surface area contributed by atoms with Crippen molar-refractivity contribution in [1.29, 1.82) is 0 Å². The molecule has 0 rings (SSSR count). The fourth-order valence-corrected chi connectivity index (χ4v) is 1.13. The topological polar surface area (TPSA) is 67.8 Å². The van der Waals surface area contributed by atoms with Crippen molar-refractivity contribution in [3.63, 3.8) is 0 Å². The number of carbonyl (C=O) groups is 1. The number of ether oxygens (including phenoxy) is 2. The molecule has 0 fully saturated rings. The van der Waals surface area contributed by atoms with Gasteiger partial charge in [0.2, 0.25) is 0 Å². The molecule has 0 aromatic rings. The van der Waals surface area contributed by atoms with Gasteiger partial charge >= 0.3 is 5.97 Å². The average molecular weight is 237 g/mol. The van der Waals surface area contributed by atoms with Gasteiger partial charge in [0, 0.05) is 19.2 Å². The van der Waals surface area contributed by atoms with Crippen molar-refractivity contribution in [2.45, 2.75) is 13.0 Å². The molecule has 0 bridgehead atoms. The van der Waals surface area contributed by atoms with Crippen LogP contribution in [0.2, 0.25) is 0 Å². The zero-order valence-electron chi connectivity index (χ0n) is 8.94. The molecule has 0 aliphatic carbocycles. The van der Waals surface area contributed by atoms with Crippen LogP contribution < -0.4 is 5.32 Å². The molecule has 0 amide bonds. The van der Waals surface area contributed by atoms with Crippen LogP contribution in [0.4, 0.5) is 0 Å². The first-order valence-electron chi connectivity index (χ1n) is 4.87. The number of aliphatic hydroxyl groups is 1. The molecule has 5 nitrogen and oxygen atoms in total. The van der Waals surface area contributed by atoms with E-state index in [2.05, 4.69) is 17.9 Å². The zero-order chi connectivity index (χ0) is 11.5. The van der Waals surface area contributed by atoms with E-state index >= 15 is 0 Å². The number of esters is 1. The van der Waals surface area contributed by atoms with Gasteiger partial charge in [-0.3, -0.25) is 4.79 Å². The van der Waals surface area contributed by atoms with Crippen molar-refractivity contribution >= 4 is 18.6 Å². The molecular formula is C9H19NO4S. The number of rotatable bonds is 9. The first-order chi connectivity index (χ1) is 7.20. The molecule has 0 heterocycles. The molecule has 0 aromatic heterocycles. The predicted molar refractivity (Wildman–Crippen MR) is 60.2 cm³/mol. The number of aliphatic hydroxyl groups excluding tert-OH is 1. The number of nitrogens with one attached hydrogen (secondary N) is 1. The second-order valence-corrected chi connectivity index (χ2v) is 3.34. The summed E-state index contributed by atoms with van der Waals surface area (Å²) in [6.45, 7) is 3.23. The van der Waals surface area contributed by atoms with Crippen molar-refractivity contribution in [1.82, 2.24) is 5.32 Å².